The predicted molar refractivity (Wildman–Crippen MR) is 71.3 cm³/mol. The van der Waals surface area contributed by atoms with Crippen LogP contribution in [0.2, 0.25) is 0 Å². The van der Waals surface area contributed by atoms with Gasteiger partial charge in [-0.2, -0.15) is 0 Å². The minimum absolute atomic E-state index is 0.215. The lowest BCUT2D eigenvalue weighted by molar-refractivity contribution is 0.310. The third kappa shape index (κ3) is 2.71. The number of imidazole rings is 1. The van der Waals surface area contributed by atoms with E-state index < -0.39 is 0 Å². The van der Waals surface area contributed by atoms with Gasteiger partial charge in [0, 0.05) is 30.4 Å². The topological polar surface area (TPSA) is 70.2 Å². The Hall–Kier alpha value is -2.01. The third-order valence-corrected chi connectivity index (χ3v) is 3.31. The van der Waals surface area contributed by atoms with Gasteiger partial charge in [-0.1, -0.05) is 0 Å². The zero-order chi connectivity index (χ0) is 13.1. The molecule has 5 heteroatoms. The Labute approximate surface area is 111 Å². The number of aromatic hydroxyl groups is 1. The fraction of sp³-hybridized carbons (Fsp3) is 0.357. The van der Waals surface area contributed by atoms with Gasteiger partial charge in [0.05, 0.1) is 6.04 Å². The minimum atomic E-state index is 0.215. The van der Waals surface area contributed by atoms with Crippen molar-refractivity contribution in [3.63, 3.8) is 0 Å². The molecule has 100 valence electrons. The molecule has 1 aliphatic rings. The van der Waals surface area contributed by atoms with E-state index in [1.54, 1.807) is 18.3 Å². The maximum Gasteiger partial charge on any atom is 0.127 e. The van der Waals surface area contributed by atoms with Crippen molar-refractivity contribution in [2.75, 3.05) is 13.2 Å². The molecule has 3 rings (SSSR count). The number of aryl methyl sites for hydroxylation is 1. The van der Waals surface area contributed by atoms with Crippen molar-refractivity contribution in [1.29, 1.82) is 0 Å². The highest BCUT2D eigenvalue weighted by molar-refractivity contribution is 5.44. The number of aromatic amines is 1. The zero-order valence-corrected chi connectivity index (χ0v) is 10.6. The third-order valence-electron chi connectivity index (χ3n) is 3.31. The van der Waals surface area contributed by atoms with E-state index in [4.69, 9.17) is 4.74 Å². The molecule has 0 saturated carbocycles. The number of H-pyrrole nitrogens is 1. The van der Waals surface area contributed by atoms with Crippen LogP contribution in [0.1, 0.15) is 23.9 Å². The van der Waals surface area contributed by atoms with E-state index in [9.17, 15) is 5.11 Å². The highest BCUT2D eigenvalue weighted by atomic mass is 16.5. The van der Waals surface area contributed by atoms with Crippen molar-refractivity contribution >= 4 is 0 Å². The van der Waals surface area contributed by atoms with E-state index in [1.165, 1.54) is 0 Å². The lowest BCUT2D eigenvalue weighted by atomic mass is 10.1. The number of benzene rings is 1. The average molecular weight is 259 g/mol. The Morgan fingerprint density at radius 2 is 2.42 bits per heavy atom. The average Bonchev–Trinajstić information content (AvgIpc) is 3.03. The van der Waals surface area contributed by atoms with Gasteiger partial charge in [0.25, 0.3) is 0 Å². The molecule has 1 aromatic heterocycles. The summed E-state index contributed by atoms with van der Waals surface area (Å²) in [6.07, 6.45) is 5.58. The quantitative estimate of drug-likeness (QED) is 0.716. The van der Waals surface area contributed by atoms with Crippen molar-refractivity contribution in [2.45, 2.75) is 18.9 Å². The Kier molecular flexibility index (Phi) is 3.37. The van der Waals surface area contributed by atoms with Crippen LogP contribution in [0.25, 0.3) is 0 Å². The second kappa shape index (κ2) is 5.32. The monoisotopic (exact) mass is 259 g/mol. The SMILES string of the molecule is Oc1ccc2c(c1)OCC2NCCCc1ncc[nH]1. The number of nitrogens with one attached hydrogen (secondary N) is 2. The van der Waals surface area contributed by atoms with Crippen molar-refractivity contribution in [3.05, 3.63) is 42.0 Å². The standard InChI is InChI=1S/C14H17N3O2/c18-10-3-4-11-12(9-19-13(11)8-10)15-5-1-2-14-16-6-7-17-14/h3-4,6-8,12,15,18H,1-2,5,9H2,(H,16,17). The molecule has 1 atom stereocenters. The van der Waals surface area contributed by atoms with Gasteiger partial charge in [0.2, 0.25) is 0 Å². The lowest BCUT2D eigenvalue weighted by Gasteiger charge is -2.11. The molecule has 2 aromatic rings. The molecule has 3 N–H and O–H groups in total. The summed E-state index contributed by atoms with van der Waals surface area (Å²) < 4.78 is 5.55. The Morgan fingerprint density at radius 3 is 3.26 bits per heavy atom. The summed E-state index contributed by atoms with van der Waals surface area (Å²) in [6.45, 7) is 1.54. The summed E-state index contributed by atoms with van der Waals surface area (Å²) in [5.74, 6) is 2.05. The molecule has 0 radical (unpaired) electrons. The summed E-state index contributed by atoms with van der Waals surface area (Å²) in [5.41, 5.74) is 1.12. The van der Waals surface area contributed by atoms with E-state index >= 15 is 0 Å². The van der Waals surface area contributed by atoms with Crippen LogP contribution in [0.15, 0.2) is 30.6 Å². The zero-order valence-electron chi connectivity index (χ0n) is 10.6. The van der Waals surface area contributed by atoms with Gasteiger partial charge < -0.3 is 20.1 Å². The number of fused-ring (bicyclic) bond motifs is 1. The molecule has 2 heterocycles. The normalized spacial score (nSPS) is 17.2. The first-order valence-corrected chi connectivity index (χ1v) is 6.50. The summed E-state index contributed by atoms with van der Waals surface area (Å²) in [6, 6.07) is 5.50. The molecule has 0 amide bonds. The predicted octanol–water partition coefficient (Wildman–Crippen LogP) is 1.77. The Bertz CT molecular complexity index is 540. The number of phenols is 1. The van der Waals surface area contributed by atoms with Gasteiger partial charge in [-0.25, -0.2) is 4.98 Å². The van der Waals surface area contributed by atoms with Gasteiger partial charge in [0.15, 0.2) is 0 Å². The number of nitrogens with zero attached hydrogens (tertiary/aromatic N) is 1. The first-order chi connectivity index (χ1) is 9.33. The molecular weight excluding hydrogens is 242 g/mol. The minimum Gasteiger partial charge on any atom is -0.508 e. The number of hydrogen-bond acceptors (Lipinski definition) is 4. The van der Waals surface area contributed by atoms with Crippen LogP contribution in [-0.4, -0.2) is 28.2 Å². The molecule has 0 aliphatic carbocycles. The number of ether oxygens (including phenoxy) is 1. The number of phenolic OH excluding ortho intramolecular Hbond substituents is 1. The number of rotatable bonds is 5. The van der Waals surface area contributed by atoms with Crippen LogP contribution in [0.4, 0.5) is 0 Å². The first kappa shape index (κ1) is 12.0. The molecule has 1 aromatic carbocycles. The van der Waals surface area contributed by atoms with Gasteiger partial charge in [-0.05, 0) is 25.1 Å². The molecule has 5 nitrogen and oxygen atoms in total. The summed E-state index contributed by atoms with van der Waals surface area (Å²) in [7, 11) is 0. The van der Waals surface area contributed by atoms with Gasteiger partial charge >= 0.3 is 0 Å². The first-order valence-electron chi connectivity index (χ1n) is 6.50. The summed E-state index contributed by atoms with van der Waals surface area (Å²) in [4.78, 5) is 7.29. The van der Waals surface area contributed by atoms with Crippen molar-refractivity contribution in [3.8, 4) is 11.5 Å². The van der Waals surface area contributed by atoms with Crippen LogP contribution in [0, 0.1) is 0 Å². The van der Waals surface area contributed by atoms with Crippen LogP contribution >= 0.6 is 0 Å². The smallest absolute Gasteiger partial charge is 0.127 e. The van der Waals surface area contributed by atoms with Crippen molar-refractivity contribution in [1.82, 2.24) is 15.3 Å². The maximum absolute atomic E-state index is 9.39. The summed E-state index contributed by atoms with van der Waals surface area (Å²) in [5, 5.41) is 12.9. The number of aromatic nitrogens is 2. The summed E-state index contributed by atoms with van der Waals surface area (Å²) >= 11 is 0. The lowest BCUT2D eigenvalue weighted by Crippen LogP contribution is -2.23. The fourth-order valence-corrected chi connectivity index (χ4v) is 2.33. The molecule has 0 fully saturated rings. The molecular formula is C14H17N3O2. The molecule has 1 unspecified atom stereocenters. The van der Waals surface area contributed by atoms with E-state index in [0.717, 1.165) is 36.5 Å². The van der Waals surface area contributed by atoms with Crippen molar-refractivity contribution in [2.24, 2.45) is 0 Å². The highest BCUT2D eigenvalue weighted by Crippen LogP contribution is 2.34. The van der Waals surface area contributed by atoms with Gasteiger partial charge in [0.1, 0.15) is 23.9 Å². The Balaban J connectivity index is 1.50. The van der Waals surface area contributed by atoms with Crippen LogP contribution in [-0.2, 0) is 6.42 Å². The van der Waals surface area contributed by atoms with Gasteiger partial charge in [-0.15, -0.1) is 0 Å². The van der Waals surface area contributed by atoms with Crippen LogP contribution in [0.5, 0.6) is 11.5 Å². The maximum atomic E-state index is 9.39. The molecule has 19 heavy (non-hydrogen) atoms. The van der Waals surface area contributed by atoms with Crippen LogP contribution in [0.3, 0.4) is 0 Å². The van der Waals surface area contributed by atoms with E-state index in [-0.39, 0.29) is 11.8 Å². The van der Waals surface area contributed by atoms with E-state index in [1.807, 2.05) is 12.3 Å². The second-order valence-corrected chi connectivity index (χ2v) is 4.68. The van der Waals surface area contributed by atoms with E-state index in [0.29, 0.717) is 6.61 Å². The van der Waals surface area contributed by atoms with Crippen molar-refractivity contribution < 1.29 is 9.84 Å². The number of hydrogen-bond donors (Lipinski definition) is 3. The largest absolute Gasteiger partial charge is 0.508 e. The Morgan fingerprint density at radius 1 is 1.47 bits per heavy atom. The fourth-order valence-electron chi connectivity index (χ4n) is 2.33. The van der Waals surface area contributed by atoms with Gasteiger partial charge in [-0.3, -0.25) is 0 Å². The molecule has 0 spiro atoms. The molecule has 1 aliphatic heterocycles. The molecule has 0 bridgehead atoms. The second-order valence-electron chi connectivity index (χ2n) is 4.68. The highest BCUT2D eigenvalue weighted by Gasteiger charge is 2.23. The van der Waals surface area contributed by atoms with Crippen LogP contribution < -0.4 is 10.1 Å². The molecule has 0 saturated heterocycles. The van der Waals surface area contributed by atoms with E-state index in [2.05, 4.69) is 15.3 Å².